The number of methoxy groups -OCH3 is 1. The molecule has 0 amide bonds. The van der Waals surface area contributed by atoms with Crippen molar-refractivity contribution in [2.75, 3.05) is 20.2 Å². The minimum Gasteiger partial charge on any atom is -0.465 e. The third-order valence-electron chi connectivity index (χ3n) is 3.85. The van der Waals surface area contributed by atoms with E-state index in [4.69, 9.17) is 10.5 Å². The van der Waals surface area contributed by atoms with Crippen LogP contribution in [0.5, 0.6) is 0 Å². The first-order valence-electron chi connectivity index (χ1n) is 6.75. The van der Waals surface area contributed by atoms with Crippen LogP contribution in [0.15, 0.2) is 24.3 Å². The number of ether oxygens (including phenoxy) is 1. The Balaban J connectivity index is 2.01. The van der Waals surface area contributed by atoms with Gasteiger partial charge >= 0.3 is 5.97 Å². The van der Waals surface area contributed by atoms with Crippen molar-refractivity contribution in [2.24, 2.45) is 11.7 Å². The van der Waals surface area contributed by atoms with E-state index in [9.17, 15) is 4.79 Å². The molecule has 1 aromatic rings. The number of carbonyl (C=O) groups excluding carboxylic acids is 1. The van der Waals surface area contributed by atoms with Gasteiger partial charge in [-0.2, -0.15) is 0 Å². The second-order valence-corrected chi connectivity index (χ2v) is 5.36. The molecule has 2 atom stereocenters. The maximum atomic E-state index is 11.5. The van der Waals surface area contributed by atoms with Crippen LogP contribution in [0.1, 0.15) is 29.3 Å². The molecule has 0 radical (unpaired) electrons. The molecule has 0 aromatic heterocycles. The Morgan fingerprint density at radius 3 is 3.00 bits per heavy atom. The zero-order valence-electron chi connectivity index (χ0n) is 11.6. The third-order valence-corrected chi connectivity index (χ3v) is 3.85. The average molecular weight is 262 g/mol. The summed E-state index contributed by atoms with van der Waals surface area (Å²) in [4.78, 5) is 13.8. The van der Waals surface area contributed by atoms with E-state index in [1.807, 2.05) is 18.2 Å². The van der Waals surface area contributed by atoms with Gasteiger partial charge in [0.2, 0.25) is 0 Å². The normalized spacial score (nSPS) is 24.2. The first-order valence-corrected chi connectivity index (χ1v) is 6.75. The molecule has 0 aliphatic carbocycles. The number of hydrogen-bond donors (Lipinski definition) is 1. The van der Waals surface area contributed by atoms with Crippen molar-refractivity contribution in [1.82, 2.24) is 4.90 Å². The van der Waals surface area contributed by atoms with Crippen LogP contribution >= 0.6 is 0 Å². The molecule has 1 aromatic carbocycles. The highest BCUT2D eigenvalue weighted by Crippen LogP contribution is 2.18. The minimum atomic E-state index is -0.286. The smallest absolute Gasteiger partial charge is 0.337 e. The first kappa shape index (κ1) is 14.0. The van der Waals surface area contributed by atoms with Gasteiger partial charge in [-0.05, 0) is 36.6 Å². The summed E-state index contributed by atoms with van der Waals surface area (Å²) in [6.45, 7) is 5.03. The monoisotopic (exact) mass is 262 g/mol. The zero-order valence-corrected chi connectivity index (χ0v) is 11.6. The molecular weight excluding hydrogens is 240 g/mol. The van der Waals surface area contributed by atoms with Crippen LogP contribution in [0, 0.1) is 5.92 Å². The lowest BCUT2D eigenvalue weighted by Gasteiger charge is -2.35. The van der Waals surface area contributed by atoms with Gasteiger partial charge in [-0.25, -0.2) is 4.79 Å². The molecule has 1 fully saturated rings. The van der Waals surface area contributed by atoms with E-state index < -0.39 is 0 Å². The molecule has 2 N–H and O–H groups in total. The van der Waals surface area contributed by atoms with Crippen molar-refractivity contribution in [2.45, 2.75) is 25.9 Å². The van der Waals surface area contributed by atoms with E-state index in [1.54, 1.807) is 6.07 Å². The molecule has 19 heavy (non-hydrogen) atoms. The molecule has 4 heteroatoms. The maximum absolute atomic E-state index is 11.5. The fraction of sp³-hybridized carbons (Fsp3) is 0.533. The standard InChI is InChI=1S/C15H22N2O2/c1-11-6-7-17(10-14(11)16)9-12-4-3-5-13(8-12)15(18)19-2/h3-5,8,11,14H,6-7,9-10,16H2,1-2H3. The van der Waals surface area contributed by atoms with Crippen LogP contribution in [0.2, 0.25) is 0 Å². The molecule has 1 aliphatic rings. The molecule has 4 nitrogen and oxygen atoms in total. The summed E-state index contributed by atoms with van der Waals surface area (Å²) in [5, 5.41) is 0. The van der Waals surface area contributed by atoms with Crippen molar-refractivity contribution < 1.29 is 9.53 Å². The van der Waals surface area contributed by atoms with E-state index in [1.165, 1.54) is 7.11 Å². The summed E-state index contributed by atoms with van der Waals surface area (Å²) < 4.78 is 4.74. The Morgan fingerprint density at radius 1 is 1.53 bits per heavy atom. The van der Waals surface area contributed by atoms with E-state index in [0.29, 0.717) is 11.5 Å². The highest BCUT2D eigenvalue weighted by atomic mass is 16.5. The number of esters is 1. The lowest BCUT2D eigenvalue weighted by atomic mass is 9.94. The average Bonchev–Trinajstić information content (AvgIpc) is 2.42. The zero-order chi connectivity index (χ0) is 13.8. The molecular formula is C15H22N2O2. The fourth-order valence-corrected chi connectivity index (χ4v) is 2.49. The number of likely N-dealkylation sites (tertiary alicyclic amines) is 1. The number of rotatable bonds is 3. The van der Waals surface area contributed by atoms with Crippen LogP contribution in [0.3, 0.4) is 0 Å². The summed E-state index contributed by atoms with van der Waals surface area (Å²) in [5.41, 5.74) is 7.84. The third kappa shape index (κ3) is 3.55. The van der Waals surface area contributed by atoms with Crippen LogP contribution in [0.25, 0.3) is 0 Å². The molecule has 1 heterocycles. The molecule has 104 valence electrons. The fourth-order valence-electron chi connectivity index (χ4n) is 2.49. The van der Waals surface area contributed by atoms with Crippen LogP contribution < -0.4 is 5.73 Å². The Kier molecular flexibility index (Phi) is 4.56. The van der Waals surface area contributed by atoms with Gasteiger partial charge in [-0.1, -0.05) is 19.1 Å². The topological polar surface area (TPSA) is 55.6 Å². The SMILES string of the molecule is COC(=O)c1cccc(CN2CCC(C)C(N)C2)c1. The number of benzene rings is 1. The van der Waals surface area contributed by atoms with E-state index >= 15 is 0 Å². The Bertz CT molecular complexity index is 448. The number of piperidine rings is 1. The van der Waals surface area contributed by atoms with Gasteiger partial charge in [0.15, 0.2) is 0 Å². The molecule has 0 spiro atoms. The molecule has 1 saturated heterocycles. The minimum absolute atomic E-state index is 0.248. The van der Waals surface area contributed by atoms with E-state index in [2.05, 4.69) is 11.8 Å². The van der Waals surface area contributed by atoms with Gasteiger partial charge in [-0.3, -0.25) is 4.90 Å². The Labute approximate surface area is 114 Å². The predicted molar refractivity (Wildman–Crippen MR) is 74.8 cm³/mol. The van der Waals surface area contributed by atoms with Gasteiger partial charge in [0.25, 0.3) is 0 Å². The van der Waals surface area contributed by atoms with E-state index in [0.717, 1.165) is 31.6 Å². The summed E-state index contributed by atoms with van der Waals surface area (Å²) in [6, 6.07) is 7.86. The molecule has 0 bridgehead atoms. The van der Waals surface area contributed by atoms with Crippen molar-refractivity contribution >= 4 is 5.97 Å². The maximum Gasteiger partial charge on any atom is 0.337 e. The van der Waals surface area contributed by atoms with Gasteiger partial charge < -0.3 is 10.5 Å². The van der Waals surface area contributed by atoms with Crippen molar-refractivity contribution in [3.63, 3.8) is 0 Å². The van der Waals surface area contributed by atoms with Crippen LogP contribution in [-0.2, 0) is 11.3 Å². The number of carbonyl (C=O) groups is 1. The first-order chi connectivity index (χ1) is 9.10. The lowest BCUT2D eigenvalue weighted by molar-refractivity contribution is 0.0600. The summed E-state index contributed by atoms with van der Waals surface area (Å²) in [6.07, 6.45) is 1.14. The number of hydrogen-bond acceptors (Lipinski definition) is 4. The molecule has 1 aliphatic heterocycles. The quantitative estimate of drug-likeness (QED) is 0.841. The largest absolute Gasteiger partial charge is 0.465 e. The van der Waals surface area contributed by atoms with Crippen molar-refractivity contribution in [3.05, 3.63) is 35.4 Å². The molecule has 0 saturated carbocycles. The van der Waals surface area contributed by atoms with Gasteiger partial charge in [0.05, 0.1) is 12.7 Å². The highest BCUT2D eigenvalue weighted by Gasteiger charge is 2.23. The lowest BCUT2D eigenvalue weighted by Crippen LogP contribution is -2.47. The van der Waals surface area contributed by atoms with Gasteiger partial charge in [0, 0.05) is 19.1 Å². The number of nitrogens with two attached hydrogens (primary N) is 1. The summed E-state index contributed by atoms with van der Waals surface area (Å²) in [7, 11) is 1.40. The van der Waals surface area contributed by atoms with Crippen molar-refractivity contribution in [3.8, 4) is 0 Å². The second-order valence-electron chi connectivity index (χ2n) is 5.36. The Hall–Kier alpha value is -1.39. The summed E-state index contributed by atoms with van der Waals surface area (Å²) >= 11 is 0. The number of nitrogens with zero attached hydrogens (tertiary/aromatic N) is 1. The Morgan fingerprint density at radius 2 is 2.32 bits per heavy atom. The van der Waals surface area contributed by atoms with Gasteiger partial charge in [-0.15, -0.1) is 0 Å². The molecule has 2 rings (SSSR count). The van der Waals surface area contributed by atoms with Crippen molar-refractivity contribution in [1.29, 1.82) is 0 Å². The molecule has 2 unspecified atom stereocenters. The van der Waals surface area contributed by atoms with Crippen LogP contribution in [0.4, 0.5) is 0 Å². The summed E-state index contributed by atoms with van der Waals surface area (Å²) in [5.74, 6) is 0.309. The highest BCUT2D eigenvalue weighted by molar-refractivity contribution is 5.89. The van der Waals surface area contributed by atoms with Gasteiger partial charge in [0.1, 0.15) is 0 Å². The van der Waals surface area contributed by atoms with Crippen LogP contribution in [-0.4, -0.2) is 37.1 Å². The second kappa shape index (κ2) is 6.17. The predicted octanol–water partition coefficient (Wildman–Crippen LogP) is 1.64. The van der Waals surface area contributed by atoms with E-state index in [-0.39, 0.29) is 12.0 Å².